The maximum Gasteiger partial charge on any atom is 0.234 e. The lowest BCUT2D eigenvalue weighted by atomic mass is 10.2. The van der Waals surface area contributed by atoms with Gasteiger partial charge in [-0.25, -0.2) is 4.21 Å². The molecule has 1 rings (SSSR count). The van der Waals surface area contributed by atoms with Crippen molar-refractivity contribution in [1.29, 1.82) is 0 Å². The topological polar surface area (TPSA) is 37.4 Å². The molecule has 1 aliphatic heterocycles. The summed E-state index contributed by atoms with van der Waals surface area (Å²) in [5.41, 5.74) is 0. The van der Waals surface area contributed by atoms with E-state index in [2.05, 4.69) is 6.92 Å². The van der Waals surface area contributed by atoms with E-state index in [0.29, 0.717) is 18.7 Å². The zero-order chi connectivity index (χ0) is 10.4. The quantitative estimate of drug-likeness (QED) is 0.720. The zero-order valence-corrected chi connectivity index (χ0v) is 9.65. The molecule has 0 aromatic heterocycles. The number of unbranched alkanes of at least 4 members (excludes halogenated alkanes) is 1. The Labute approximate surface area is 88.4 Å². The second-order valence-electron chi connectivity index (χ2n) is 3.69. The molecule has 1 saturated heterocycles. The van der Waals surface area contributed by atoms with Crippen LogP contribution in [0.4, 0.5) is 0 Å². The van der Waals surface area contributed by atoms with Crippen LogP contribution in [0.5, 0.6) is 0 Å². The Morgan fingerprint density at radius 3 is 2.86 bits per heavy atom. The highest BCUT2D eigenvalue weighted by atomic mass is 32.2. The third-order valence-electron chi connectivity index (χ3n) is 2.45. The first-order valence-corrected chi connectivity index (χ1v) is 6.72. The predicted octanol–water partition coefficient (Wildman–Crippen LogP) is 1.85. The molecule has 1 fully saturated rings. The minimum Gasteiger partial charge on any atom is -0.274 e. The van der Waals surface area contributed by atoms with E-state index < -0.39 is 11.0 Å². The first-order chi connectivity index (χ1) is 6.75. The summed E-state index contributed by atoms with van der Waals surface area (Å²) in [5.74, 6) is 0.722. The molecule has 1 atom stereocenters. The maximum atomic E-state index is 11.7. The molecule has 3 nitrogen and oxygen atoms in total. The van der Waals surface area contributed by atoms with Gasteiger partial charge in [0.1, 0.15) is 11.0 Å². The third-order valence-corrected chi connectivity index (χ3v) is 3.96. The largest absolute Gasteiger partial charge is 0.274 e. The summed E-state index contributed by atoms with van der Waals surface area (Å²) in [5, 5.41) is 0. The van der Waals surface area contributed by atoms with Gasteiger partial charge in [0.05, 0.1) is 0 Å². The molecule has 0 spiro atoms. The molecule has 0 bridgehead atoms. The van der Waals surface area contributed by atoms with Gasteiger partial charge in [-0.05, 0) is 19.3 Å². The molecular formula is C10H19NO2S. The van der Waals surface area contributed by atoms with Crippen LogP contribution in [0.25, 0.3) is 0 Å². The van der Waals surface area contributed by atoms with Crippen LogP contribution < -0.4 is 0 Å². The number of hydrogen-bond acceptors (Lipinski definition) is 2. The van der Waals surface area contributed by atoms with Crippen molar-refractivity contribution in [1.82, 2.24) is 4.31 Å². The second kappa shape index (κ2) is 6.17. The lowest BCUT2D eigenvalue weighted by Gasteiger charge is -2.18. The first kappa shape index (κ1) is 11.7. The first-order valence-electron chi connectivity index (χ1n) is 5.44. The van der Waals surface area contributed by atoms with Crippen molar-refractivity contribution >= 4 is 16.9 Å². The van der Waals surface area contributed by atoms with Gasteiger partial charge in [-0.15, -0.1) is 0 Å². The molecule has 1 aliphatic rings. The van der Waals surface area contributed by atoms with Gasteiger partial charge in [-0.2, -0.15) is 0 Å². The summed E-state index contributed by atoms with van der Waals surface area (Å²) in [6, 6.07) is 0. The summed E-state index contributed by atoms with van der Waals surface area (Å²) in [6.07, 6.45) is 5.61. The lowest BCUT2D eigenvalue weighted by molar-refractivity contribution is -0.125. The van der Waals surface area contributed by atoms with Gasteiger partial charge < -0.3 is 0 Å². The molecule has 0 aliphatic carbocycles. The van der Waals surface area contributed by atoms with Crippen LogP contribution in [0.2, 0.25) is 0 Å². The number of carbonyl (C=O) groups excluding carboxylic acids is 1. The Kier molecular flexibility index (Phi) is 5.15. The van der Waals surface area contributed by atoms with E-state index >= 15 is 0 Å². The number of nitrogens with zero attached hydrogens (tertiary/aromatic N) is 1. The summed E-state index contributed by atoms with van der Waals surface area (Å²) >= 11 is 0. The van der Waals surface area contributed by atoms with Crippen LogP contribution in [-0.4, -0.2) is 26.7 Å². The lowest BCUT2D eigenvalue weighted by Crippen LogP contribution is -2.33. The van der Waals surface area contributed by atoms with Crippen LogP contribution in [0.3, 0.4) is 0 Å². The Morgan fingerprint density at radius 2 is 2.14 bits per heavy atom. The molecule has 14 heavy (non-hydrogen) atoms. The Morgan fingerprint density at radius 1 is 1.36 bits per heavy atom. The van der Waals surface area contributed by atoms with Crippen LogP contribution >= 0.6 is 0 Å². The number of carbonyl (C=O) groups is 1. The molecule has 4 heteroatoms. The molecule has 0 radical (unpaired) electrons. The van der Waals surface area contributed by atoms with E-state index in [-0.39, 0.29) is 5.91 Å². The SMILES string of the molecule is CCCCS(=O)N1CCCCCC1=O. The second-order valence-corrected chi connectivity index (χ2v) is 5.18. The fourth-order valence-corrected chi connectivity index (χ4v) is 2.96. The van der Waals surface area contributed by atoms with Crippen molar-refractivity contribution in [2.45, 2.75) is 45.4 Å². The van der Waals surface area contributed by atoms with Crippen molar-refractivity contribution in [3.05, 3.63) is 0 Å². The van der Waals surface area contributed by atoms with Gasteiger partial charge in [0.15, 0.2) is 0 Å². The maximum absolute atomic E-state index is 11.7. The van der Waals surface area contributed by atoms with Crippen molar-refractivity contribution in [3.8, 4) is 0 Å². The van der Waals surface area contributed by atoms with Gasteiger partial charge in [0, 0.05) is 18.7 Å². The molecular weight excluding hydrogens is 198 g/mol. The number of rotatable bonds is 4. The van der Waals surface area contributed by atoms with Crippen molar-refractivity contribution in [2.24, 2.45) is 0 Å². The highest BCUT2D eigenvalue weighted by Gasteiger charge is 2.21. The van der Waals surface area contributed by atoms with Gasteiger partial charge in [0.25, 0.3) is 0 Å². The van der Waals surface area contributed by atoms with Gasteiger partial charge >= 0.3 is 0 Å². The fraction of sp³-hybridized carbons (Fsp3) is 0.900. The minimum absolute atomic E-state index is 0.0805. The summed E-state index contributed by atoms with van der Waals surface area (Å²) in [7, 11) is -1.06. The standard InChI is InChI=1S/C10H19NO2S/c1-2-3-9-14(13)11-8-6-4-5-7-10(11)12/h2-9H2,1H3. The monoisotopic (exact) mass is 217 g/mol. The van der Waals surface area contributed by atoms with Crippen LogP contribution in [0, 0.1) is 0 Å². The van der Waals surface area contributed by atoms with Gasteiger partial charge in [0.2, 0.25) is 5.91 Å². The summed E-state index contributed by atoms with van der Waals surface area (Å²) in [6.45, 7) is 2.76. The average molecular weight is 217 g/mol. The van der Waals surface area contributed by atoms with Crippen molar-refractivity contribution < 1.29 is 9.00 Å². The number of hydrogen-bond donors (Lipinski definition) is 0. The van der Waals surface area contributed by atoms with E-state index in [1.54, 1.807) is 4.31 Å². The molecule has 1 heterocycles. The highest BCUT2D eigenvalue weighted by molar-refractivity contribution is 7.83. The molecule has 82 valence electrons. The molecule has 0 aromatic carbocycles. The normalized spacial score (nSPS) is 20.6. The Hall–Kier alpha value is -0.380. The van der Waals surface area contributed by atoms with Gasteiger partial charge in [-0.1, -0.05) is 19.8 Å². The van der Waals surface area contributed by atoms with Crippen LogP contribution in [0.1, 0.15) is 45.4 Å². The van der Waals surface area contributed by atoms with Crippen molar-refractivity contribution in [3.63, 3.8) is 0 Å². The van der Waals surface area contributed by atoms with Gasteiger partial charge in [-0.3, -0.25) is 9.10 Å². The molecule has 1 amide bonds. The number of amides is 1. The molecule has 0 saturated carbocycles. The molecule has 1 unspecified atom stereocenters. The highest BCUT2D eigenvalue weighted by Crippen LogP contribution is 2.13. The summed E-state index contributed by atoms with van der Waals surface area (Å²) < 4.78 is 13.3. The van der Waals surface area contributed by atoms with E-state index in [9.17, 15) is 9.00 Å². The van der Waals surface area contributed by atoms with Crippen molar-refractivity contribution in [2.75, 3.05) is 12.3 Å². The zero-order valence-electron chi connectivity index (χ0n) is 8.83. The van der Waals surface area contributed by atoms with E-state index in [0.717, 1.165) is 32.1 Å². The van der Waals surface area contributed by atoms with Crippen LogP contribution in [-0.2, 0) is 15.8 Å². The smallest absolute Gasteiger partial charge is 0.234 e. The van der Waals surface area contributed by atoms with Crippen LogP contribution in [0.15, 0.2) is 0 Å². The van der Waals surface area contributed by atoms with E-state index in [1.165, 1.54) is 0 Å². The Balaban J connectivity index is 2.46. The predicted molar refractivity (Wildman–Crippen MR) is 58.1 cm³/mol. The Bertz CT molecular complexity index is 218. The minimum atomic E-state index is -1.06. The molecule has 0 N–H and O–H groups in total. The summed E-state index contributed by atoms with van der Waals surface area (Å²) in [4.78, 5) is 11.6. The van der Waals surface area contributed by atoms with E-state index in [4.69, 9.17) is 0 Å². The van der Waals surface area contributed by atoms with E-state index in [1.807, 2.05) is 0 Å². The molecule has 0 aromatic rings. The fourth-order valence-electron chi connectivity index (χ4n) is 1.55. The third kappa shape index (κ3) is 3.40. The average Bonchev–Trinajstić information content (AvgIpc) is 2.39.